The van der Waals surface area contributed by atoms with E-state index >= 15 is 0 Å². The summed E-state index contributed by atoms with van der Waals surface area (Å²) in [7, 11) is 0. The van der Waals surface area contributed by atoms with Crippen LogP contribution in [0.5, 0.6) is 0 Å². The average Bonchev–Trinajstić information content (AvgIpc) is 3.08. The number of unbranched alkanes of at least 4 members (excludes halogenated alkanes) is 1. The van der Waals surface area contributed by atoms with Crippen LogP contribution in [0.4, 0.5) is 0 Å². The third-order valence-corrected chi connectivity index (χ3v) is 5.08. The lowest BCUT2D eigenvalue weighted by molar-refractivity contribution is 0.536. The lowest BCUT2D eigenvalue weighted by Gasteiger charge is -2.19. The van der Waals surface area contributed by atoms with Crippen LogP contribution in [-0.4, -0.2) is 15.2 Å². The summed E-state index contributed by atoms with van der Waals surface area (Å²) in [5.74, 6) is 2.56. The fraction of sp³-hybridized carbons (Fsp3) is 0.556. The first-order chi connectivity index (χ1) is 10.2. The van der Waals surface area contributed by atoms with Crippen LogP contribution in [0.3, 0.4) is 0 Å². The van der Waals surface area contributed by atoms with Crippen molar-refractivity contribution in [3.8, 4) is 11.4 Å². The highest BCUT2D eigenvalue weighted by Crippen LogP contribution is 2.60. The summed E-state index contributed by atoms with van der Waals surface area (Å²) in [5.41, 5.74) is 3.07. The molecule has 1 heterocycles. The molecule has 0 bridgehead atoms. The van der Waals surface area contributed by atoms with Crippen molar-refractivity contribution in [2.24, 2.45) is 5.92 Å². The fourth-order valence-electron chi connectivity index (χ4n) is 3.75. The van der Waals surface area contributed by atoms with E-state index in [4.69, 9.17) is 0 Å². The molecule has 0 radical (unpaired) electrons. The van der Waals surface area contributed by atoms with Gasteiger partial charge in [-0.1, -0.05) is 51.0 Å². The van der Waals surface area contributed by atoms with Crippen LogP contribution in [0.25, 0.3) is 11.4 Å². The largest absolute Gasteiger partial charge is 0.259 e. The molecule has 21 heavy (non-hydrogen) atoms. The molecule has 1 aliphatic rings. The number of nitrogens with one attached hydrogen (secondary N) is 1. The van der Waals surface area contributed by atoms with Crippen molar-refractivity contribution in [3.63, 3.8) is 0 Å². The second-order valence-corrected chi connectivity index (χ2v) is 6.33. The molecule has 2 atom stereocenters. The van der Waals surface area contributed by atoms with E-state index in [1.54, 1.807) is 0 Å². The van der Waals surface area contributed by atoms with Gasteiger partial charge < -0.3 is 0 Å². The monoisotopic (exact) mass is 283 g/mol. The van der Waals surface area contributed by atoms with Gasteiger partial charge in [0.25, 0.3) is 0 Å². The Morgan fingerprint density at radius 3 is 2.76 bits per heavy atom. The van der Waals surface area contributed by atoms with E-state index in [0.29, 0.717) is 5.41 Å². The Morgan fingerprint density at radius 2 is 2.10 bits per heavy atom. The topological polar surface area (TPSA) is 41.6 Å². The minimum Gasteiger partial charge on any atom is -0.259 e. The molecule has 1 fully saturated rings. The summed E-state index contributed by atoms with van der Waals surface area (Å²) in [5, 5.41) is 7.28. The highest BCUT2D eigenvalue weighted by Gasteiger charge is 2.53. The number of benzene rings is 1. The second kappa shape index (κ2) is 5.63. The summed E-state index contributed by atoms with van der Waals surface area (Å²) in [6.07, 6.45) is 6.53. The summed E-state index contributed by atoms with van der Waals surface area (Å²) in [6, 6.07) is 8.74. The van der Waals surface area contributed by atoms with E-state index in [1.165, 1.54) is 43.2 Å². The molecule has 0 aliphatic heterocycles. The number of aryl methyl sites for hydroxylation is 1. The Bertz CT molecular complexity index is 616. The fourth-order valence-corrected chi connectivity index (χ4v) is 3.75. The maximum atomic E-state index is 4.54. The maximum absolute atomic E-state index is 4.54. The average molecular weight is 283 g/mol. The molecular formula is C18H25N3. The van der Waals surface area contributed by atoms with Crippen molar-refractivity contribution in [1.82, 2.24) is 15.2 Å². The van der Waals surface area contributed by atoms with E-state index in [-0.39, 0.29) is 0 Å². The molecule has 1 aromatic heterocycles. The van der Waals surface area contributed by atoms with Crippen LogP contribution < -0.4 is 0 Å². The number of nitrogens with zero attached hydrogens (tertiary/aromatic N) is 2. The van der Waals surface area contributed by atoms with Gasteiger partial charge in [0.05, 0.1) is 0 Å². The molecule has 0 spiro atoms. The van der Waals surface area contributed by atoms with Crippen molar-refractivity contribution >= 4 is 0 Å². The number of hydrogen-bond donors (Lipinski definition) is 1. The van der Waals surface area contributed by atoms with Gasteiger partial charge in [-0.2, -0.15) is 5.10 Å². The van der Waals surface area contributed by atoms with Gasteiger partial charge in [0.1, 0.15) is 5.82 Å². The Kier molecular flexibility index (Phi) is 3.83. The highest BCUT2D eigenvalue weighted by atomic mass is 15.2. The molecule has 1 aromatic carbocycles. The number of hydrogen-bond acceptors (Lipinski definition) is 2. The first-order valence-electron chi connectivity index (χ1n) is 8.20. The van der Waals surface area contributed by atoms with Crippen molar-refractivity contribution in [2.45, 2.75) is 58.3 Å². The van der Waals surface area contributed by atoms with Gasteiger partial charge in [-0.05, 0) is 43.1 Å². The Balaban J connectivity index is 1.95. The molecule has 3 rings (SSSR count). The molecule has 0 amide bonds. The quantitative estimate of drug-likeness (QED) is 0.839. The van der Waals surface area contributed by atoms with Crippen molar-refractivity contribution < 1.29 is 0 Å². The first-order valence-corrected chi connectivity index (χ1v) is 8.20. The van der Waals surface area contributed by atoms with Crippen LogP contribution in [0.15, 0.2) is 24.3 Å². The van der Waals surface area contributed by atoms with Crippen LogP contribution >= 0.6 is 0 Å². The molecule has 0 saturated heterocycles. The molecule has 1 aliphatic carbocycles. The number of aromatic nitrogens is 3. The SMILES string of the molecule is CCCC[C@H]1CC1(CC)c1ccccc1-c1nc(C)n[nH]1. The highest BCUT2D eigenvalue weighted by molar-refractivity contribution is 5.63. The Morgan fingerprint density at radius 1 is 1.29 bits per heavy atom. The predicted molar refractivity (Wildman–Crippen MR) is 86.2 cm³/mol. The molecule has 1 unspecified atom stereocenters. The predicted octanol–water partition coefficient (Wildman–Crippen LogP) is 4.64. The van der Waals surface area contributed by atoms with Crippen LogP contribution in [0.1, 0.15) is 57.3 Å². The van der Waals surface area contributed by atoms with Crippen LogP contribution in [0.2, 0.25) is 0 Å². The van der Waals surface area contributed by atoms with E-state index in [9.17, 15) is 0 Å². The van der Waals surface area contributed by atoms with Gasteiger partial charge in [-0.3, -0.25) is 5.10 Å². The first kappa shape index (κ1) is 14.3. The van der Waals surface area contributed by atoms with Gasteiger partial charge in [0, 0.05) is 5.56 Å². The molecular weight excluding hydrogens is 258 g/mol. The maximum Gasteiger partial charge on any atom is 0.156 e. The number of rotatable bonds is 6. The summed E-state index contributed by atoms with van der Waals surface area (Å²) in [4.78, 5) is 4.54. The van der Waals surface area contributed by atoms with E-state index < -0.39 is 0 Å². The lowest BCUT2D eigenvalue weighted by atomic mass is 9.85. The van der Waals surface area contributed by atoms with E-state index in [2.05, 4.69) is 53.3 Å². The number of H-pyrrole nitrogens is 1. The van der Waals surface area contributed by atoms with Crippen molar-refractivity contribution in [3.05, 3.63) is 35.7 Å². The standard InChI is InChI=1S/C18H25N3/c1-4-6-9-14-12-18(14,5-2)16-11-8-7-10-15(16)17-19-13(3)20-21-17/h7-8,10-11,14H,4-6,9,12H2,1-3H3,(H,19,20,21)/t14-,18?/m0/s1. The third kappa shape index (κ3) is 2.50. The Labute approximate surface area is 127 Å². The zero-order valence-corrected chi connectivity index (χ0v) is 13.3. The molecule has 2 aromatic rings. The van der Waals surface area contributed by atoms with Gasteiger partial charge in [0.2, 0.25) is 0 Å². The molecule has 1 N–H and O–H groups in total. The summed E-state index contributed by atoms with van der Waals surface area (Å²) in [6.45, 7) is 6.54. The summed E-state index contributed by atoms with van der Waals surface area (Å²) >= 11 is 0. The lowest BCUT2D eigenvalue weighted by Crippen LogP contribution is -2.11. The second-order valence-electron chi connectivity index (χ2n) is 6.33. The Hall–Kier alpha value is -1.64. The van der Waals surface area contributed by atoms with Gasteiger partial charge in [-0.25, -0.2) is 4.98 Å². The molecule has 3 heteroatoms. The normalized spacial score (nSPS) is 24.2. The molecule has 1 saturated carbocycles. The number of aromatic amines is 1. The smallest absolute Gasteiger partial charge is 0.156 e. The van der Waals surface area contributed by atoms with Crippen molar-refractivity contribution in [2.75, 3.05) is 0 Å². The van der Waals surface area contributed by atoms with Gasteiger partial charge >= 0.3 is 0 Å². The summed E-state index contributed by atoms with van der Waals surface area (Å²) < 4.78 is 0. The van der Waals surface area contributed by atoms with Crippen LogP contribution in [-0.2, 0) is 5.41 Å². The zero-order chi connectivity index (χ0) is 14.9. The van der Waals surface area contributed by atoms with Crippen LogP contribution in [0, 0.1) is 12.8 Å². The minimum absolute atomic E-state index is 0.368. The molecule has 3 nitrogen and oxygen atoms in total. The van der Waals surface area contributed by atoms with Crippen molar-refractivity contribution in [1.29, 1.82) is 0 Å². The molecule has 112 valence electrons. The van der Waals surface area contributed by atoms with Gasteiger partial charge in [0.15, 0.2) is 5.82 Å². The third-order valence-electron chi connectivity index (χ3n) is 5.08. The van der Waals surface area contributed by atoms with E-state index in [0.717, 1.165) is 17.6 Å². The van der Waals surface area contributed by atoms with Gasteiger partial charge in [-0.15, -0.1) is 0 Å². The zero-order valence-electron chi connectivity index (χ0n) is 13.3. The minimum atomic E-state index is 0.368. The van der Waals surface area contributed by atoms with E-state index in [1.807, 2.05) is 6.92 Å².